The number of esters is 1. The number of hydrogen-bond acceptors (Lipinski definition) is 7. The summed E-state index contributed by atoms with van der Waals surface area (Å²) in [5, 5.41) is 13.2. The van der Waals surface area contributed by atoms with Gasteiger partial charge in [0.25, 0.3) is 11.6 Å². The Morgan fingerprint density at radius 3 is 2.54 bits per heavy atom. The minimum absolute atomic E-state index is 0.110. The third-order valence-corrected chi connectivity index (χ3v) is 3.61. The lowest BCUT2D eigenvalue weighted by Gasteiger charge is -2.13. The minimum Gasteiger partial charge on any atom is -0.454 e. The van der Waals surface area contributed by atoms with Crippen LogP contribution in [-0.2, 0) is 9.53 Å². The quantitative estimate of drug-likeness (QED) is 0.496. The van der Waals surface area contributed by atoms with Crippen molar-refractivity contribution in [2.75, 3.05) is 12.1 Å². The molecule has 0 unspecified atom stereocenters. The van der Waals surface area contributed by atoms with Crippen molar-refractivity contribution in [1.82, 2.24) is 0 Å². The summed E-state index contributed by atoms with van der Waals surface area (Å²) in [5.41, 5.74) is 0.436. The number of benzene rings is 2. The maximum absolute atomic E-state index is 12.2. The second-order valence-corrected chi connectivity index (χ2v) is 5.41. The van der Waals surface area contributed by atoms with Crippen molar-refractivity contribution >= 4 is 23.3 Å². The average molecular weight is 358 g/mol. The summed E-state index contributed by atoms with van der Waals surface area (Å²) in [5.74, 6) is -0.189. The molecule has 9 heteroatoms. The number of fused-ring (bicyclic) bond motifs is 1. The SMILES string of the molecule is C[C@H](OC(=O)c1ccc([N+](=O)[O-])cc1)C(=O)Nc1ccc2c(c1)OCO2. The molecule has 2 aromatic rings. The first-order chi connectivity index (χ1) is 12.4. The van der Waals surface area contributed by atoms with Gasteiger partial charge in [-0.25, -0.2) is 4.79 Å². The van der Waals surface area contributed by atoms with Crippen LogP contribution in [0.2, 0.25) is 0 Å². The standard InChI is InChI=1S/C17H14N2O7/c1-10(26-17(21)11-2-5-13(6-3-11)19(22)23)16(20)18-12-4-7-14-15(8-12)25-9-24-14/h2-8,10H,9H2,1H3,(H,18,20)/t10-/m0/s1. The van der Waals surface area contributed by atoms with Gasteiger partial charge in [0, 0.05) is 23.9 Å². The number of ether oxygens (including phenoxy) is 3. The number of carbonyl (C=O) groups is 2. The van der Waals surface area contributed by atoms with Gasteiger partial charge >= 0.3 is 5.97 Å². The fraction of sp³-hybridized carbons (Fsp3) is 0.176. The first kappa shape index (κ1) is 17.2. The molecule has 3 rings (SSSR count). The van der Waals surface area contributed by atoms with Crippen molar-refractivity contribution < 1.29 is 28.7 Å². The summed E-state index contributed by atoms with van der Waals surface area (Å²) in [6, 6.07) is 9.81. The van der Waals surface area contributed by atoms with Crippen LogP contribution in [0.3, 0.4) is 0 Å². The first-order valence-electron chi connectivity index (χ1n) is 7.60. The van der Waals surface area contributed by atoms with E-state index in [4.69, 9.17) is 14.2 Å². The van der Waals surface area contributed by atoms with Gasteiger partial charge in [-0.15, -0.1) is 0 Å². The number of non-ortho nitro benzene ring substituents is 1. The zero-order valence-electron chi connectivity index (χ0n) is 13.6. The van der Waals surface area contributed by atoms with E-state index in [1.807, 2.05) is 0 Å². The predicted molar refractivity (Wildman–Crippen MR) is 89.2 cm³/mol. The molecule has 1 aliphatic rings. The molecule has 0 aliphatic carbocycles. The Labute approximate surface area is 147 Å². The van der Waals surface area contributed by atoms with Crippen LogP contribution in [0, 0.1) is 10.1 Å². The Morgan fingerprint density at radius 1 is 1.15 bits per heavy atom. The van der Waals surface area contributed by atoms with Crippen molar-refractivity contribution in [2.24, 2.45) is 0 Å². The molecule has 1 N–H and O–H groups in total. The summed E-state index contributed by atoms with van der Waals surface area (Å²) in [6.45, 7) is 1.54. The fourth-order valence-electron chi connectivity index (χ4n) is 2.22. The third kappa shape index (κ3) is 3.72. The molecule has 1 aliphatic heterocycles. The van der Waals surface area contributed by atoms with Gasteiger partial charge in [-0.3, -0.25) is 14.9 Å². The van der Waals surface area contributed by atoms with Crippen molar-refractivity contribution in [1.29, 1.82) is 0 Å². The highest BCUT2D eigenvalue weighted by Crippen LogP contribution is 2.34. The molecule has 9 nitrogen and oxygen atoms in total. The van der Waals surface area contributed by atoms with Gasteiger partial charge in [0.2, 0.25) is 6.79 Å². The number of nitro benzene ring substituents is 1. The number of nitrogens with zero attached hydrogens (tertiary/aromatic N) is 1. The predicted octanol–water partition coefficient (Wildman–Crippen LogP) is 2.51. The molecule has 1 amide bonds. The fourth-order valence-corrected chi connectivity index (χ4v) is 2.22. The van der Waals surface area contributed by atoms with Crippen LogP contribution < -0.4 is 14.8 Å². The van der Waals surface area contributed by atoms with Gasteiger partial charge in [-0.05, 0) is 31.2 Å². The van der Waals surface area contributed by atoms with Gasteiger partial charge in [0.05, 0.1) is 10.5 Å². The summed E-state index contributed by atoms with van der Waals surface area (Å²) >= 11 is 0. The van der Waals surface area contributed by atoms with Crippen molar-refractivity contribution in [3.8, 4) is 11.5 Å². The van der Waals surface area contributed by atoms with E-state index in [1.54, 1.807) is 18.2 Å². The topological polar surface area (TPSA) is 117 Å². The lowest BCUT2D eigenvalue weighted by Crippen LogP contribution is -2.30. The van der Waals surface area contributed by atoms with Crippen LogP contribution in [0.25, 0.3) is 0 Å². The normalized spacial score (nSPS) is 13.0. The zero-order chi connectivity index (χ0) is 18.7. The van der Waals surface area contributed by atoms with E-state index in [1.165, 1.54) is 31.2 Å². The van der Waals surface area contributed by atoms with E-state index < -0.39 is 22.9 Å². The zero-order valence-corrected chi connectivity index (χ0v) is 13.6. The molecule has 1 atom stereocenters. The van der Waals surface area contributed by atoms with Crippen molar-refractivity contribution in [3.05, 3.63) is 58.1 Å². The molecule has 1 heterocycles. The molecule has 26 heavy (non-hydrogen) atoms. The summed E-state index contributed by atoms with van der Waals surface area (Å²) < 4.78 is 15.5. The average Bonchev–Trinajstić information content (AvgIpc) is 3.09. The Kier molecular flexibility index (Phi) is 4.70. The Balaban J connectivity index is 1.59. The summed E-state index contributed by atoms with van der Waals surface area (Å²) in [6.07, 6.45) is -1.07. The van der Waals surface area contributed by atoms with Gasteiger partial charge in [0.1, 0.15) is 0 Å². The van der Waals surface area contributed by atoms with E-state index in [0.29, 0.717) is 17.2 Å². The largest absolute Gasteiger partial charge is 0.454 e. The first-order valence-corrected chi connectivity index (χ1v) is 7.60. The Hall–Kier alpha value is -3.62. The molecule has 0 radical (unpaired) electrons. The van der Waals surface area contributed by atoms with Crippen LogP contribution >= 0.6 is 0 Å². The van der Waals surface area contributed by atoms with E-state index >= 15 is 0 Å². The van der Waals surface area contributed by atoms with E-state index in [2.05, 4.69) is 5.32 Å². The van der Waals surface area contributed by atoms with Gasteiger partial charge < -0.3 is 19.5 Å². The molecule has 0 saturated carbocycles. The molecular formula is C17H14N2O7. The maximum Gasteiger partial charge on any atom is 0.338 e. The van der Waals surface area contributed by atoms with Gasteiger partial charge in [0.15, 0.2) is 17.6 Å². The number of anilines is 1. The van der Waals surface area contributed by atoms with E-state index in [-0.39, 0.29) is 18.0 Å². The highest BCUT2D eigenvalue weighted by atomic mass is 16.7. The second kappa shape index (κ2) is 7.09. The Morgan fingerprint density at radius 2 is 1.85 bits per heavy atom. The summed E-state index contributed by atoms with van der Waals surface area (Å²) in [4.78, 5) is 34.3. The molecule has 2 aromatic carbocycles. The lowest BCUT2D eigenvalue weighted by molar-refractivity contribution is -0.384. The van der Waals surface area contributed by atoms with Crippen LogP contribution in [0.5, 0.6) is 11.5 Å². The highest BCUT2D eigenvalue weighted by Gasteiger charge is 2.21. The van der Waals surface area contributed by atoms with E-state index in [9.17, 15) is 19.7 Å². The number of nitro groups is 1. The second-order valence-electron chi connectivity index (χ2n) is 5.41. The molecule has 0 fully saturated rings. The molecule has 0 spiro atoms. The number of hydrogen-bond donors (Lipinski definition) is 1. The maximum atomic E-state index is 12.2. The highest BCUT2D eigenvalue weighted by molar-refractivity contribution is 5.97. The van der Waals surface area contributed by atoms with Crippen LogP contribution in [0.4, 0.5) is 11.4 Å². The molecular weight excluding hydrogens is 344 g/mol. The number of nitrogens with one attached hydrogen (secondary N) is 1. The molecule has 0 bridgehead atoms. The molecule has 0 saturated heterocycles. The van der Waals surface area contributed by atoms with Gasteiger partial charge in [-0.1, -0.05) is 0 Å². The minimum atomic E-state index is -1.07. The summed E-state index contributed by atoms with van der Waals surface area (Å²) in [7, 11) is 0. The third-order valence-electron chi connectivity index (χ3n) is 3.61. The lowest BCUT2D eigenvalue weighted by atomic mass is 10.2. The number of rotatable bonds is 5. The van der Waals surface area contributed by atoms with Crippen molar-refractivity contribution in [3.63, 3.8) is 0 Å². The number of carbonyl (C=O) groups excluding carboxylic acids is 2. The van der Waals surface area contributed by atoms with Crippen LogP contribution in [0.1, 0.15) is 17.3 Å². The Bertz CT molecular complexity index is 864. The van der Waals surface area contributed by atoms with Gasteiger partial charge in [-0.2, -0.15) is 0 Å². The molecule has 134 valence electrons. The monoisotopic (exact) mass is 358 g/mol. The molecule has 0 aromatic heterocycles. The van der Waals surface area contributed by atoms with Crippen LogP contribution in [-0.4, -0.2) is 29.7 Å². The smallest absolute Gasteiger partial charge is 0.338 e. The number of amides is 1. The van der Waals surface area contributed by atoms with Crippen molar-refractivity contribution in [2.45, 2.75) is 13.0 Å². The van der Waals surface area contributed by atoms with E-state index in [0.717, 1.165) is 0 Å². The van der Waals surface area contributed by atoms with Crippen LogP contribution in [0.15, 0.2) is 42.5 Å².